The summed E-state index contributed by atoms with van der Waals surface area (Å²) in [5.41, 5.74) is 4.32. The molecule has 0 atom stereocenters. The molecule has 4 heteroatoms. The lowest BCUT2D eigenvalue weighted by Gasteiger charge is -2.18. The number of H-pyrrole nitrogens is 1. The predicted molar refractivity (Wildman–Crippen MR) is 97.9 cm³/mol. The van der Waals surface area contributed by atoms with Gasteiger partial charge in [-0.2, -0.15) is 0 Å². The Morgan fingerprint density at radius 3 is 2.38 bits per heavy atom. The first-order valence-electron chi connectivity index (χ1n) is 7.95. The van der Waals surface area contributed by atoms with Crippen molar-refractivity contribution in [3.8, 4) is 11.3 Å². The zero-order chi connectivity index (χ0) is 16.4. The van der Waals surface area contributed by atoms with Crippen LogP contribution >= 0.6 is 0 Å². The van der Waals surface area contributed by atoms with Crippen LogP contribution in [0.2, 0.25) is 0 Å². The smallest absolute Gasteiger partial charge is 0.143 e. The van der Waals surface area contributed by atoms with Crippen LogP contribution in [0, 0.1) is 0 Å². The fraction of sp³-hybridized carbons (Fsp3) is 0.100. The molecule has 4 nitrogen and oxygen atoms in total. The highest BCUT2D eigenvalue weighted by Gasteiger charge is 2.12. The number of fused-ring (bicyclic) bond motifs is 1. The summed E-state index contributed by atoms with van der Waals surface area (Å²) in [6.07, 6.45) is 1.62. The first-order chi connectivity index (χ1) is 11.8. The van der Waals surface area contributed by atoms with Crippen molar-refractivity contribution in [1.82, 2.24) is 15.0 Å². The molecular weight excluding hydrogens is 296 g/mol. The minimum absolute atomic E-state index is 0.804. The summed E-state index contributed by atoms with van der Waals surface area (Å²) in [6, 6.07) is 22.8. The third-order valence-corrected chi connectivity index (χ3v) is 4.11. The molecule has 0 radical (unpaired) electrons. The molecule has 0 fully saturated rings. The summed E-state index contributed by atoms with van der Waals surface area (Å²) in [4.78, 5) is 14.4. The van der Waals surface area contributed by atoms with Gasteiger partial charge in [0.2, 0.25) is 0 Å². The van der Waals surface area contributed by atoms with Gasteiger partial charge in [0.05, 0.1) is 5.39 Å². The second kappa shape index (κ2) is 6.16. The first kappa shape index (κ1) is 14.5. The summed E-state index contributed by atoms with van der Waals surface area (Å²) >= 11 is 0. The molecule has 0 spiro atoms. The van der Waals surface area contributed by atoms with Gasteiger partial charge in [-0.1, -0.05) is 60.7 Å². The van der Waals surface area contributed by atoms with E-state index in [2.05, 4.69) is 69.4 Å². The molecule has 24 heavy (non-hydrogen) atoms. The number of hydrogen-bond acceptors (Lipinski definition) is 3. The highest BCUT2D eigenvalue weighted by atomic mass is 15.2. The normalized spacial score (nSPS) is 10.9. The molecule has 4 rings (SSSR count). The Labute approximate surface area is 140 Å². The maximum absolute atomic E-state index is 4.50. The Bertz CT molecular complexity index is 945. The minimum atomic E-state index is 0.804. The van der Waals surface area contributed by atoms with Crippen molar-refractivity contribution < 1.29 is 0 Å². The van der Waals surface area contributed by atoms with Gasteiger partial charge in [-0.15, -0.1) is 0 Å². The van der Waals surface area contributed by atoms with Crippen molar-refractivity contribution in [3.63, 3.8) is 0 Å². The molecule has 1 N–H and O–H groups in total. The van der Waals surface area contributed by atoms with E-state index in [4.69, 9.17) is 0 Å². The lowest BCUT2D eigenvalue weighted by molar-refractivity contribution is 0.900. The van der Waals surface area contributed by atoms with Gasteiger partial charge in [0, 0.05) is 19.3 Å². The third-order valence-electron chi connectivity index (χ3n) is 4.11. The largest absolute Gasteiger partial charge is 0.355 e. The zero-order valence-electron chi connectivity index (χ0n) is 13.5. The molecule has 4 aromatic rings. The monoisotopic (exact) mass is 314 g/mol. The number of hydrogen-bond donors (Lipinski definition) is 1. The van der Waals surface area contributed by atoms with E-state index in [1.807, 2.05) is 24.3 Å². The van der Waals surface area contributed by atoms with Crippen LogP contribution in [0.1, 0.15) is 5.56 Å². The number of aromatic amines is 1. The zero-order valence-corrected chi connectivity index (χ0v) is 13.5. The van der Waals surface area contributed by atoms with Crippen molar-refractivity contribution in [3.05, 3.63) is 78.6 Å². The van der Waals surface area contributed by atoms with Gasteiger partial charge in [-0.25, -0.2) is 9.97 Å². The SMILES string of the molecule is CN(Cc1ccccc1)c1ncnc2[nH]c(-c3ccccc3)cc12. The summed E-state index contributed by atoms with van der Waals surface area (Å²) in [6.45, 7) is 0.804. The molecule has 118 valence electrons. The second-order valence-electron chi connectivity index (χ2n) is 5.85. The van der Waals surface area contributed by atoms with E-state index < -0.39 is 0 Å². The summed E-state index contributed by atoms with van der Waals surface area (Å²) < 4.78 is 0. The molecule has 0 aliphatic carbocycles. The second-order valence-corrected chi connectivity index (χ2v) is 5.85. The number of nitrogens with one attached hydrogen (secondary N) is 1. The summed E-state index contributed by atoms with van der Waals surface area (Å²) in [5, 5.41) is 1.04. The van der Waals surface area contributed by atoms with Gasteiger partial charge in [-0.05, 0) is 17.2 Å². The number of rotatable bonds is 4. The molecule has 0 aliphatic rings. The number of anilines is 1. The molecule has 0 unspecified atom stereocenters. The van der Waals surface area contributed by atoms with E-state index in [0.717, 1.165) is 34.7 Å². The van der Waals surface area contributed by atoms with Crippen LogP contribution in [-0.4, -0.2) is 22.0 Å². The predicted octanol–water partition coefficient (Wildman–Crippen LogP) is 4.26. The highest BCUT2D eigenvalue weighted by Crippen LogP contribution is 2.28. The average molecular weight is 314 g/mol. The molecule has 0 bridgehead atoms. The van der Waals surface area contributed by atoms with Gasteiger partial charge >= 0.3 is 0 Å². The van der Waals surface area contributed by atoms with E-state index in [9.17, 15) is 0 Å². The Morgan fingerprint density at radius 2 is 1.62 bits per heavy atom. The van der Waals surface area contributed by atoms with Crippen LogP contribution in [0.15, 0.2) is 73.1 Å². The third kappa shape index (κ3) is 2.74. The van der Waals surface area contributed by atoms with Crippen LogP contribution in [0.4, 0.5) is 5.82 Å². The average Bonchev–Trinajstić information content (AvgIpc) is 3.07. The molecule has 0 saturated heterocycles. The van der Waals surface area contributed by atoms with Gasteiger partial charge in [0.15, 0.2) is 0 Å². The summed E-state index contributed by atoms with van der Waals surface area (Å²) in [5.74, 6) is 0.933. The molecule has 0 aliphatic heterocycles. The van der Waals surface area contributed by atoms with Crippen LogP contribution < -0.4 is 4.90 Å². The highest BCUT2D eigenvalue weighted by molar-refractivity contribution is 5.91. The summed E-state index contributed by atoms with van der Waals surface area (Å²) in [7, 11) is 2.06. The standard InChI is InChI=1S/C20H18N4/c1-24(13-15-8-4-2-5-9-15)20-17-12-18(16-10-6-3-7-11-16)23-19(17)21-14-22-20/h2-12,14H,13H2,1H3,(H,21,22,23). The van der Waals surface area contributed by atoms with Crippen molar-refractivity contribution in [2.24, 2.45) is 0 Å². The lowest BCUT2D eigenvalue weighted by atomic mass is 10.1. The van der Waals surface area contributed by atoms with Gasteiger partial charge < -0.3 is 9.88 Å². The van der Waals surface area contributed by atoms with E-state index in [1.54, 1.807) is 6.33 Å². The van der Waals surface area contributed by atoms with Crippen LogP contribution in [0.25, 0.3) is 22.3 Å². The van der Waals surface area contributed by atoms with E-state index in [-0.39, 0.29) is 0 Å². The van der Waals surface area contributed by atoms with E-state index in [0.29, 0.717) is 0 Å². The first-order valence-corrected chi connectivity index (χ1v) is 7.95. The Hall–Kier alpha value is -3.14. The molecule has 2 aromatic carbocycles. The molecule has 2 heterocycles. The van der Waals surface area contributed by atoms with Crippen molar-refractivity contribution in [1.29, 1.82) is 0 Å². The Kier molecular flexibility index (Phi) is 3.71. The molecule has 0 saturated carbocycles. The maximum Gasteiger partial charge on any atom is 0.143 e. The fourth-order valence-electron chi connectivity index (χ4n) is 2.94. The lowest BCUT2D eigenvalue weighted by Crippen LogP contribution is -2.17. The quantitative estimate of drug-likeness (QED) is 0.612. The van der Waals surface area contributed by atoms with Crippen LogP contribution in [0.5, 0.6) is 0 Å². The van der Waals surface area contributed by atoms with Gasteiger partial charge in [-0.3, -0.25) is 0 Å². The van der Waals surface area contributed by atoms with Crippen LogP contribution in [0.3, 0.4) is 0 Å². The Morgan fingerprint density at radius 1 is 0.917 bits per heavy atom. The fourth-order valence-corrected chi connectivity index (χ4v) is 2.94. The minimum Gasteiger partial charge on any atom is -0.355 e. The molecular formula is C20H18N4. The van der Waals surface area contributed by atoms with Gasteiger partial charge in [0.1, 0.15) is 17.8 Å². The van der Waals surface area contributed by atoms with Crippen molar-refractivity contribution in [2.45, 2.75) is 6.54 Å². The molecule has 0 amide bonds. The molecule has 2 aromatic heterocycles. The van der Waals surface area contributed by atoms with Crippen LogP contribution in [-0.2, 0) is 6.54 Å². The van der Waals surface area contributed by atoms with E-state index in [1.165, 1.54) is 5.56 Å². The topological polar surface area (TPSA) is 44.8 Å². The number of nitrogens with zero attached hydrogens (tertiary/aromatic N) is 3. The number of aromatic nitrogens is 3. The van der Waals surface area contributed by atoms with E-state index >= 15 is 0 Å². The van der Waals surface area contributed by atoms with Crippen molar-refractivity contribution in [2.75, 3.05) is 11.9 Å². The number of benzene rings is 2. The van der Waals surface area contributed by atoms with Crippen molar-refractivity contribution >= 4 is 16.9 Å². The Balaban J connectivity index is 1.72. The maximum atomic E-state index is 4.50. The van der Waals surface area contributed by atoms with Gasteiger partial charge in [0.25, 0.3) is 0 Å².